The highest BCUT2D eigenvalue weighted by Crippen LogP contribution is 2.41. The van der Waals surface area contributed by atoms with Crippen LogP contribution >= 0.6 is 23.1 Å². The highest BCUT2D eigenvalue weighted by molar-refractivity contribution is 7.98. The van der Waals surface area contributed by atoms with Gasteiger partial charge in [0.1, 0.15) is 5.56 Å². The number of halogens is 6. The van der Waals surface area contributed by atoms with Crippen molar-refractivity contribution in [2.24, 2.45) is 0 Å². The molecule has 2 aliphatic rings. The van der Waals surface area contributed by atoms with E-state index in [1.54, 1.807) is 18.4 Å². The Balaban J connectivity index is 1.49. The van der Waals surface area contributed by atoms with Gasteiger partial charge in [-0.2, -0.15) is 26.3 Å². The fourth-order valence-electron chi connectivity index (χ4n) is 4.47. The van der Waals surface area contributed by atoms with Crippen molar-refractivity contribution in [1.82, 2.24) is 20.2 Å². The molecule has 0 spiro atoms. The quantitative estimate of drug-likeness (QED) is 0.313. The van der Waals surface area contributed by atoms with Gasteiger partial charge in [-0.25, -0.2) is 9.97 Å². The van der Waals surface area contributed by atoms with E-state index in [1.165, 1.54) is 17.8 Å². The van der Waals surface area contributed by atoms with Crippen LogP contribution in [0.2, 0.25) is 0 Å². The zero-order valence-electron chi connectivity index (χ0n) is 20.1. The number of fused-ring (bicyclic) bond motifs is 2. The van der Waals surface area contributed by atoms with E-state index < -0.39 is 23.8 Å². The van der Waals surface area contributed by atoms with E-state index in [2.05, 4.69) is 20.6 Å². The SMILES string of the molecule is CSc1cc2c(cc1Nc1ncc(C(F)(F)F)c(-c3cc4c(s3)CCNC4=O)n1)CCN(C(=O)C(F)(F)F)C2. The highest BCUT2D eigenvalue weighted by Gasteiger charge is 2.43. The summed E-state index contributed by atoms with van der Waals surface area (Å²) in [7, 11) is 0. The van der Waals surface area contributed by atoms with E-state index in [9.17, 15) is 35.9 Å². The smallest absolute Gasteiger partial charge is 0.352 e. The van der Waals surface area contributed by atoms with Gasteiger partial charge in [0.25, 0.3) is 5.91 Å². The molecule has 39 heavy (non-hydrogen) atoms. The molecule has 0 fully saturated rings. The topological polar surface area (TPSA) is 87.2 Å². The van der Waals surface area contributed by atoms with Crippen molar-refractivity contribution < 1.29 is 35.9 Å². The molecule has 0 unspecified atom stereocenters. The Bertz CT molecular complexity index is 1470. The van der Waals surface area contributed by atoms with Crippen molar-refractivity contribution in [1.29, 1.82) is 0 Å². The zero-order valence-corrected chi connectivity index (χ0v) is 21.7. The van der Waals surface area contributed by atoms with Crippen molar-refractivity contribution in [2.75, 3.05) is 24.7 Å². The summed E-state index contributed by atoms with van der Waals surface area (Å²) in [6.45, 7) is 0.0619. The number of aromatic nitrogens is 2. The number of nitrogens with zero attached hydrogens (tertiary/aromatic N) is 3. The van der Waals surface area contributed by atoms with Gasteiger partial charge in [-0.05, 0) is 48.4 Å². The van der Waals surface area contributed by atoms with Gasteiger partial charge >= 0.3 is 18.3 Å². The molecule has 206 valence electrons. The molecular weight excluding hydrogens is 568 g/mol. The molecule has 0 aliphatic carbocycles. The lowest BCUT2D eigenvalue weighted by atomic mass is 9.98. The van der Waals surface area contributed by atoms with Crippen LogP contribution in [0.3, 0.4) is 0 Å². The van der Waals surface area contributed by atoms with E-state index in [4.69, 9.17) is 0 Å². The molecule has 0 atom stereocenters. The second kappa shape index (κ2) is 10.0. The Hall–Kier alpha value is -3.33. The Kier molecular flexibility index (Phi) is 6.99. The van der Waals surface area contributed by atoms with E-state index in [-0.39, 0.29) is 41.9 Å². The Morgan fingerprint density at radius 1 is 1.13 bits per heavy atom. The van der Waals surface area contributed by atoms with Crippen LogP contribution in [0.1, 0.15) is 31.9 Å². The molecule has 0 radical (unpaired) electrons. The number of alkyl halides is 6. The first-order valence-corrected chi connectivity index (χ1v) is 13.6. The lowest BCUT2D eigenvalue weighted by molar-refractivity contribution is -0.186. The van der Waals surface area contributed by atoms with Gasteiger partial charge in [-0.1, -0.05) is 0 Å². The Morgan fingerprint density at radius 2 is 1.90 bits per heavy atom. The molecule has 2 amide bonds. The van der Waals surface area contributed by atoms with E-state index in [1.807, 2.05) is 0 Å². The zero-order chi connectivity index (χ0) is 28.1. The Labute approximate surface area is 226 Å². The second-order valence-electron chi connectivity index (χ2n) is 8.83. The van der Waals surface area contributed by atoms with Crippen molar-refractivity contribution in [3.8, 4) is 10.6 Å². The standard InChI is InChI=1S/C24H19F6N5O2S2/c1-38-17-7-12-10-35(21(37)24(28,29)30)5-3-11(12)6-15(17)33-22-32-9-14(23(25,26)27)19(34-22)18-8-13-16(39-18)2-4-31-20(13)36/h6-9H,2-5,10H2,1H3,(H,31,36)(H,32,33,34). The molecule has 2 N–H and O–H groups in total. The number of anilines is 2. The van der Waals surface area contributed by atoms with Gasteiger partial charge < -0.3 is 15.5 Å². The van der Waals surface area contributed by atoms with Gasteiger partial charge in [-0.3, -0.25) is 9.59 Å². The van der Waals surface area contributed by atoms with E-state index in [0.717, 1.165) is 16.2 Å². The number of benzene rings is 1. The maximum atomic E-state index is 13.8. The number of hydrogen-bond acceptors (Lipinski definition) is 7. The minimum Gasteiger partial charge on any atom is -0.352 e. The summed E-state index contributed by atoms with van der Waals surface area (Å²) in [6, 6.07) is 4.73. The molecule has 1 aromatic carbocycles. The lowest BCUT2D eigenvalue weighted by Gasteiger charge is -2.30. The molecule has 0 saturated carbocycles. The highest BCUT2D eigenvalue weighted by atomic mass is 32.2. The second-order valence-corrected chi connectivity index (χ2v) is 10.8. The third-order valence-electron chi connectivity index (χ3n) is 6.33. The average molecular weight is 588 g/mol. The van der Waals surface area contributed by atoms with Crippen molar-refractivity contribution >= 4 is 46.5 Å². The molecule has 5 rings (SSSR count). The van der Waals surface area contributed by atoms with E-state index in [0.29, 0.717) is 51.3 Å². The number of nitrogens with one attached hydrogen (secondary N) is 2. The first kappa shape index (κ1) is 27.2. The first-order chi connectivity index (χ1) is 18.3. The molecule has 2 aromatic heterocycles. The van der Waals surface area contributed by atoms with Crippen LogP contribution in [0, 0.1) is 0 Å². The van der Waals surface area contributed by atoms with Crippen LogP contribution in [0.5, 0.6) is 0 Å². The molecule has 0 bridgehead atoms. The molecule has 7 nitrogen and oxygen atoms in total. The summed E-state index contributed by atoms with van der Waals surface area (Å²) in [5.41, 5.74) is 0.623. The lowest BCUT2D eigenvalue weighted by Crippen LogP contribution is -2.43. The van der Waals surface area contributed by atoms with Crippen molar-refractivity contribution in [3.05, 3.63) is 51.5 Å². The average Bonchev–Trinajstić information content (AvgIpc) is 3.32. The van der Waals surface area contributed by atoms with Crippen LogP contribution in [-0.2, 0) is 30.4 Å². The van der Waals surface area contributed by atoms with Gasteiger partial charge in [0.2, 0.25) is 5.95 Å². The van der Waals surface area contributed by atoms with Gasteiger partial charge in [0, 0.05) is 35.6 Å². The molecule has 4 heterocycles. The van der Waals surface area contributed by atoms with Crippen LogP contribution in [0.25, 0.3) is 10.6 Å². The molecule has 0 saturated heterocycles. The van der Waals surface area contributed by atoms with Crippen LogP contribution in [0.15, 0.2) is 29.3 Å². The Morgan fingerprint density at radius 3 is 2.56 bits per heavy atom. The van der Waals surface area contributed by atoms with Gasteiger partial charge in [-0.15, -0.1) is 23.1 Å². The van der Waals surface area contributed by atoms with Crippen LogP contribution in [-0.4, -0.2) is 52.2 Å². The fourth-order valence-corrected chi connectivity index (χ4v) is 6.22. The minimum absolute atomic E-state index is 0.117. The first-order valence-electron chi connectivity index (χ1n) is 11.5. The predicted octanol–water partition coefficient (Wildman–Crippen LogP) is 5.42. The number of carbonyl (C=O) groups excluding carboxylic acids is 2. The summed E-state index contributed by atoms with van der Waals surface area (Å²) in [6.07, 6.45) is -6.62. The monoisotopic (exact) mass is 587 g/mol. The number of thiophene rings is 1. The predicted molar refractivity (Wildman–Crippen MR) is 133 cm³/mol. The number of amides is 2. The third-order valence-corrected chi connectivity index (χ3v) is 8.31. The van der Waals surface area contributed by atoms with Gasteiger partial charge in [0.05, 0.1) is 21.8 Å². The van der Waals surface area contributed by atoms with Crippen LogP contribution in [0.4, 0.5) is 38.0 Å². The summed E-state index contributed by atoms with van der Waals surface area (Å²) in [5, 5.41) is 5.61. The summed E-state index contributed by atoms with van der Waals surface area (Å²) in [4.78, 5) is 34.1. The molecular formula is C24H19F6N5O2S2. The summed E-state index contributed by atoms with van der Waals surface area (Å²) in [5.74, 6) is -2.37. The fraction of sp³-hybridized carbons (Fsp3) is 0.333. The van der Waals surface area contributed by atoms with Crippen molar-refractivity contribution in [2.45, 2.75) is 36.6 Å². The van der Waals surface area contributed by atoms with Crippen LogP contribution < -0.4 is 10.6 Å². The third kappa shape index (κ3) is 5.41. The van der Waals surface area contributed by atoms with Crippen molar-refractivity contribution in [3.63, 3.8) is 0 Å². The maximum absolute atomic E-state index is 13.8. The normalized spacial score (nSPS) is 15.5. The number of thioether (sulfide) groups is 1. The number of hydrogen-bond donors (Lipinski definition) is 2. The van der Waals surface area contributed by atoms with E-state index >= 15 is 0 Å². The number of carbonyl (C=O) groups is 2. The largest absolute Gasteiger partial charge is 0.471 e. The molecule has 15 heteroatoms. The minimum atomic E-state index is -4.97. The molecule has 2 aliphatic heterocycles. The number of rotatable bonds is 4. The summed E-state index contributed by atoms with van der Waals surface area (Å²) < 4.78 is 80.2. The maximum Gasteiger partial charge on any atom is 0.471 e. The molecule has 3 aromatic rings. The summed E-state index contributed by atoms with van der Waals surface area (Å²) >= 11 is 2.34. The van der Waals surface area contributed by atoms with Gasteiger partial charge in [0.15, 0.2) is 0 Å².